The number of ether oxygens (including phenoxy) is 2. The van der Waals surface area contributed by atoms with Crippen LogP contribution in [-0.4, -0.2) is 49.0 Å². The van der Waals surface area contributed by atoms with Gasteiger partial charge >= 0.3 is 0 Å². The maximum atomic E-state index is 10.4. The summed E-state index contributed by atoms with van der Waals surface area (Å²) in [6, 6.07) is 3.95. The molecule has 0 bridgehead atoms. The summed E-state index contributed by atoms with van der Waals surface area (Å²) in [7, 11) is 0. The molecule has 1 aromatic rings. The van der Waals surface area contributed by atoms with Crippen LogP contribution in [0.15, 0.2) is 12.1 Å². The highest BCUT2D eigenvalue weighted by molar-refractivity contribution is 6.32. The molecule has 1 fully saturated rings. The molecule has 0 aliphatic carbocycles. The maximum absolute atomic E-state index is 10.4. The molecule has 1 saturated heterocycles. The Labute approximate surface area is 150 Å². The third-order valence-corrected chi connectivity index (χ3v) is 4.75. The molecular formula is C19H30ClNO3. The number of nitrogens with zero attached hydrogens (tertiary/aromatic N) is 1. The summed E-state index contributed by atoms with van der Waals surface area (Å²) in [5.41, 5.74) is 1.09. The molecule has 2 rings (SSSR count). The van der Waals surface area contributed by atoms with Gasteiger partial charge in [-0.05, 0) is 57.4 Å². The summed E-state index contributed by atoms with van der Waals surface area (Å²) < 4.78 is 11.3. The largest absolute Gasteiger partial charge is 0.490 e. The van der Waals surface area contributed by atoms with E-state index in [9.17, 15) is 5.11 Å². The molecule has 0 amide bonds. The molecule has 136 valence electrons. The third kappa shape index (κ3) is 5.01. The van der Waals surface area contributed by atoms with Gasteiger partial charge in [0.1, 0.15) is 0 Å². The van der Waals surface area contributed by atoms with Gasteiger partial charge in [0.25, 0.3) is 0 Å². The van der Waals surface area contributed by atoms with E-state index >= 15 is 0 Å². The van der Waals surface area contributed by atoms with E-state index in [0.29, 0.717) is 29.7 Å². The van der Waals surface area contributed by atoms with Gasteiger partial charge in [-0.3, -0.25) is 0 Å². The number of halogens is 1. The van der Waals surface area contributed by atoms with E-state index in [0.717, 1.165) is 44.5 Å². The molecule has 0 saturated carbocycles. The quantitative estimate of drug-likeness (QED) is 0.770. The molecule has 1 aliphatic heterocycles. The van der Waals surface area contributed by atoms with Gasteiger partial charge < -0.3 is 19.5 Å². The molecular weight excluding hydrogens is 326 g/mol. The van der Waals surface area contributed by atoms with Crippen LogP contribution in [0.25, 0.3) is 0 Å². The number of aliphatic hydroxyl groups is 1. The van der Waals surface area contributed by atoms with Gasteiger partial charge in [0.15, 0.2) is 11.5 Å². The lowest BCUT2D eigenvalue weighted by molar-refractivity contribution is 0.0270. The highest BCUT2D eigenvalue weighted by Crippen LogP contribution is 2.37. The summed E-state index contributed by atoms with van der Waals surface area (Å²) in [6.45, 7) is 10.2. The van der Waals surface area contributed by atoms with E-state index in [4.69, 9.17) is 21.1 Å². The van der Waals surface area contributed by atoms with Crippen LogP contribution in [0, 0.1) is 5.92 Å². The Balaban J connectivity index is 2.15. The molecule has 1 aliphatic rings. The lowest BCUT2D eigenvalue weighted by atomic mass is 9.88. The molecule has 0 spiro atoms. The second kappa shape index (κ2) is 9.50. The Hall–Kier alpha value is -0.970. The zero-order chi connectivity index (χ0) is 17.5. The van der Waals surface area contributed by atoms with Crippen molar-refractivity contribution in [1.82, 2.24) is 4.90 Å². The van der Waals surface area contributed by atoms with Crippen molar-refractivity contribution in [2.75, 3.05) is 32.8 Å². The average Bonchev–Trinajstić information content (AvgIpc) is 2.54. The molecule has 1 heterocycles. The number of rotatable bonds is 8. The summed E-state index contributed by atoms with van der Waals surface area (Å²) in [4.78, 5) is 2.44. The van der Waals surface area contributed by atoms with Gasteiger partial charge in [0.05, 0.1) is 24.3 Å². The first-order chi connectivity index (χ1) is 11.6. The van der Waals surface area contributed by atoms with Crippen LogP contribution in [0.5, 0.6) is 11.5 Å². The molecule has 1 aromatic carbocycles. The second-order valence-corrected chi connectivity index (χ2v) is 6.80. The molecule has 5 heteroatoms. The van der Waals surface area contributed by atoms with Gasteiger partial charge in [-0.15, -0.1) is 0 Å². The second-order valence-electron chi connectivity index (χ2n) is 6.39. The predicted octanol–water partition coefficient (Wildman–Crippen LogP) is 3.77. The molecule has 1 N–H and O–H groups in total. The normalized spacial score (nSPS) is 21.7. The van der Waals surface area contributed by atoms with Gasteiger partial charge in [0, 0.05) is 19.0 Å². The summed E-state index contributed by atoms with van der Waals surface area (Å²) >= 11 is 6.40. The first-order valence-electron chi connectivity index (χ1n) is 9.07. The topological polar surface area (TPSA) is 41.9 Å². The molecule has 0 aromatic heterocycles. The molecule has 0 radical (unpaired) electrons. The van der Waals surface area contributed by atoms with Crippen molar-refractivity contribution < 1.29 is 14.6 Å². The Kier molecular flexibility index (Phi) is 7.66. The fourth-order valence-corrected chi connectivity index (χ4v) is 3.69. The van der Waals surface area contributed by atoms with Crippen molar-refractivity contribution in [3.05, 3.63) is 22.7 Å². The lowest BCUT2D eigenvalue weighted by Crippen LogP contribution is -2.44. The van der Waals surface area contributed by atoms with E-state index in [1.807, 2.05) is 26.0 Å². The zero-order valence-corrected chi connectivity index (χ0v) is 15.8. The number of likely N-dealkylation sites (tertiary alicyclic amines) is 1. The van der Waals surface area contributed by atoms with Gasteiger partial charge in [-0.2, -0.15) is 0 Å². The number of benzene rings is 1. The van der Waals surface area contributed by atoms with Crippen molar-refractivity contribution in [2.45, 2.75) is 46.1 Å². The minimum absolute atomic E-state index is 0.230. The summed E-state index contributed by atoms with van der Waals surface area (Å²) in [5, 5.41) is 11.0. The number of hydrogen-bond donors (Lipinski definition) is 1. The highest BCUT2D eigenvalue weighted by Gasteiger charge is 2.28. The van der Waals surface area contributed by atoms with Crippen molar-refractivity contribution in [1.29, 1.82) is 0 Å². The van der Waals surface area contributed by atoms with Crippen molar-refractivity contribution in [2.24, 2.45) is 5.92 Å². The molecule has 2 unspecified atom stereocenters. The van der Waals surface area contributed by atoms with Crippen LogP contribution in [0.2, 0.25) is 5.02 Å². The van der Waals surface area contributed by atoms with Crippen molar-refractivity contribution in [3.63, 3.8) is 0 Å². The SMILES string of the molecule is CCCN1CCC(O)C(Cc2cc(Cl)c(OCC)c(OCC)c2)C1. The Bertz CT molecular complexity index is 524. The predicted molar refractivity (Wildman–Crippen MR) is 98.3 cm³/mol. The van der Waals surface area contributed by atoms with Gasteiger partial charge in [-0.1, -0.05) is 18.5 Å². The number of aliphatic hydroxyl groups excluding tert-OH is 1. The third-order valence-electron chi connectivity index (χ3n) is 4.47. The number of hydrogen-bond acceptors (Lipinski definition) is 4. The lowest BCUT2D eigenvalue weighted by Gasteiger charge is -2.36. The smallest absolute Gasteiger partial charge is 0.179 e. The minimum Gasteiger partial charge on any atom is -0.490 e. The van der Waals surface area contributed by atoms with E-state index in [-0.39, 0.29) is 12.0 Å². The Morgan fingerprint density at radius 3 is 2.62 bits per heavy atom. The Morgan fingerprint density at radius 2 is 1.96 bits per heavy atom. The average molecular weight is 356 g/mol. The van der Waals surface area contributed by atoms with Crippen LogP contribution in [-0.2, 0) is 6.42 Å². The van der Waals surface area contributed by atoms with Crippen LogP contribution >= 0.6 is 11.6 Å². The highest BCUT2D eigenvalue weighted by atomic mass is 35.5. The van der Waals surface area contributed by atoms with E-state index in [1.165, 1.54) is 0 Å². The van der Waals surface area contributed by atoms with Crippen LogP contribution in [0.4, 0.5) is 0 Å². The van der Waals surface area contributed by atoms with Crippen LogP contribution in [0.3, 0.4) is 0 Å². The summed E-state index contributed by atoms with van der Waals surface area (Å²) in [5.74, 6) is 1.54. The van der Waals surface area contributed by atoms with Gasteiger partial charge in [0.2, 0.25) is 0 Å². The maximum Gasteiger partial charge on any atom is 0.179 e. The first kappa shape index (κ1) is 19.4. The standard InChI is InChI=1S/C19H30ClNO3/c1-4-8-21-9-7-17(22)15(13-21)10-14-11-16(20)19(24-6-3)18(12-14)23-5-2/h11-12,15,17,22H,4-10,13H2,1-3H3. The van der Waals surface area contributed by atoms with E-state index in [2.05, 4.69) is 11.8 Å². The van der Waals surface area contributed by atoms with Crippen molar-refractivity contribution >= 4 is 11.6 Å². The van der Waals surface area contributed by atoms with E-state index in [1.54, 1.807) is 0 Å². The molecule has 24 heavy (non-hydrogen) atoms. The monoisotopic (exact) mass is 355 g/mol. The minimum atomic E-state index is -0.251. The number of piperidine rings is 1. The molecule has 4 nitrogen and oxygen atoms in total. The van der Waals surface area contributed by atoms with E-state index < -0.39 is 0 Å². The van der Waals surface area contributed by atoms with Gasteiger partial charge in [-0.25, -0.2) is 0 Å². The summed E-state index contributed by atoms with van der Waals surface area (Å²) in [6.07, 6.45) is 2.53. The first-order valence-corrected chi connectivity index (χ1v) is 9.45. The Morgan fingerprint density at radius 1 is 1.21 bits per heavy atom. The fraction of sp³-hybridized carbons (Fsp3) is 0.684. The van der Waals surface area contributed by atoms with Crippen LogP contribution < -0.4 is 9.47 Å². The fourth-order valence-electron chi connectivity index (χ4n) is 3.40. The molecule has 2 atom stereocenters. The zero-order valence-electron chi connectivity index (χ0n) is 15.1. The van der Waals surface area contributed by atoms with Crippen LogP contribution in [0.1, 0.15) is 39.2 Å². The van der Waals surface area contributed by atoms with Crippen molar-refractivity contribution in [3.8, 4) is 11.5 Å².